The van der Waals surface area contributed by atoms with Crippen LogP contribution in [0.25, 0.3) is 16.8 Å². The van der Waals surface area contributed by atoms with Crippen LogP contribution in [-0.4, -0.2) is 39.8 Å². The molecule has 0 aliphatic carbocycles. The molecule has 146 valence electrons. The molecule has 2 heterocycles. The highest BCUT2D eigenvalue weighted by molar-refractivity contribution is 7.07. The van der Waals surface area contributed by atoms with Crippen LogP contribution in [0.2, 0.25) is 0 Å². The molecule has 0 atom stereocenters. The van der Waals surface area contributed by atoms with E-state index in [1.54, 1.807) is 26.6 Å². The van der Waals surface area contributed by atoms with Gasteiger partial charge < -0.3 is 9.47 Å². The number of rotatable bonds is 6. The van der Waals surface area contributed by atoms with E-state index in [-0.39, 0.29) is 0 Å². The second-order valence-electron chi connectivity index (χ2n) is 6.18. The standard InChI is InChI=1S/C21H19N5O2S/c1-14-20(15-9-10-18(27-2)19(11-15)28-3)21(22-12-17-13-23-25-29-17)26(24-14)16-7-5-4-6-8-16/h4-13H,1-3H3/b22-12+. The fraction of sp³-hybridized carbons (Fsp3) is 0.143. The van der Waals surface area contributed by atoms with Crippen LogP contribution in [0.15, 0.2) is 59.7 Å². The molecule has 0 saturated heterocycles. The summed E-state index contributed by atoms with van der Waals surface area (Å²) in [6.45, 7) is 1.97. The number of hydrogen-bond donors (Lipinski definition) is 0. The number of para-hydroxylation sites is 1. The van der Waals surface area contributed by atoms with Gasteiger partial charge in [-0.3, -0.25) is 0 Å². The van der Waals surface area contributed by atoms with Crippen LogP contribution < -0.4 is 9.47 Å². The second kappa shape index (κ2) is 8.24. The molecule has 0 aliphatic heterocycles. The molecular weight excluding hydrogens is 386 g/mol. The average molecular weight is 405 g/mol. The Morgan fingerprint density at radius 1 is 1.03 bits per heavy atom. The minimum Gasteiger partial charge on any atom is -0.493 e. The van der Waals surface area contributed by atoms with E-state index in [0.717, 1.165) is 27.4 Å². The number of benzene rings is 2. The summed E-state index contributed by atoms with van der Waals surface area (Å²) in [5.74, 6) is 2.04. The maximum atomic E-state index is 5.48. The van der Waals surface area contributed by atoms with Gasteiger partial charge in [-0.2, -0.15) is 5.10 Å². The van der Waals surface area contributed by atoms with E-state index in [1.807, 2.05) is 60.1 Å². The molecule has 0 radical (unpaired) electrons. The highest BCUT2D eigenvalue weighted by Gasteiger charge is 2.19. The van der Waals surface area contributed by atoms with E-state index in [1.165, 1.54) is 11.5 Å². The van der Waals surface area contributed by atoms with Crippen LogP contribution in [0, 0.1) is 6.92 Å². The van der Waals surface area contributed by atoms with Gasteiger partial charge >= 0.3 is 0 Å². The predicted molar refractivity (Wildman–Crippen MR) is 114 cm³/mol. The number of aryl methyl sites for hydroxylation is 1. The van der Waals surface area contributed by atoms with E-state index < -0.39 is 0 Å². The van der Waals surface area contributed by atoms with Crippen molar-refractivity contribution in [3.05, 3.63) is 65.3 Å². The van der Waals surface area contributed by atoms with Crippen molar-refractivity contribution in [1.82, 2.24) is 19.4 Å². The smallest absolute Gasteiger partial charge is 0.163 e. The first-order valence-electron chi connectivity index (χ1n) is 8.90. The highest BCUT2D eigenvalue weighted by Crippen LogP contribution is 2.39. The summed E-state index contributed by atoms with van der Waals surface area (Å²) in [5.41, 5.74) is 3.65. The monoisotopic (exact) mass is 405 g/mol. The van der Waals surface area contributed by atoms with Crippen LogP contribution in [0.1, 0.15) is 10.6 Å². The Bertz CT molecular complexity index is 1140. The first kappa shape index (κ1) is 18.8. The van der Waals surface area contributed by atoms with Crippen molar-refractivity contribution in [2.45, 2.75) is 6.92 Å². The maximum absolute atomic E-state index is 5.48. The van der Waals surface area contributed by atoms with Crippen molar-refractivity contribution in [2.75, 3.05) is 14.2 Å². The Hall–Kier alpha value is -3.52. The highest BCUT2D eigenvalue weighted by atomic mass is 32.1. The minimum absolute atomic E-state index is 0.651. The van der Waals surface area contributed by atoms with Gasteiger partial charge in [0.15, 0.2) is 17.3 Å². The van der Waals surface area contributed by atoms with Crippen LogP contribution in [0.3, 0.4) is 0 Å². The lowest BCUT2D eigenvalue weighted by Gasteiger charge is -2.10. The molecule has 0 bridgehead atoms. The number of nitrogens with zero attached hydrogens (tertiary/aromatic N) is 5. The summed E-state index contributed by atoms with van der Waals surface area (Å²) >= 11 is 1.29. The van der Waals surface area contributed by atoms with Crippen molar-refractivity contribution in [3.8, 4) is 28.3 Å². The van der Waals surface area contributed by atoms with Gasteiger partial charge in [0.05, 0.1) is 36.7 Å². The average Bonchev–Trinajstić information content (AvgIpc) is 3.40. The number of aromatic nitrogens is 4. The molecular formula is C21H19N5O2S. The molecule has 0 saturated carbocycles. The third-order valence-electron chi connectivity index (χ3n) is 4.40. The number of ether oxygens (including phenoxy) is 2. The Morgan fingerprint density at radius 2 is 1.83 bits per heavy atom. The van der Waals surface area contributed by atoms with Gasteiger partial charge in [-0.15, -0.1) is 5.10 Å². The van der Waals surface area contributed by atoms with Crippen LogP contribution in [-0.2, 0) is 0 Å². The molecule has 0 unspecified atom stereocenters. The first-order valence-corrected chi connectivity index (χ1v) is 9.67. The zero-order valence-corrected chi connectivity index (χ0v) is 17.1. The van der Waals surface area contributed by atoms with Crippen molar-refractivity contribution < 1.29 is 9.47 Å². The Balaban J connectivity index is 1.90. The van der Waals surface area contributed by atoms with Crippen molar-refractivity contribution >= 4 is 23.6 Å². The summed E-state index contributed by atoms with van der Waals surface area (Å²) in [5, 5.41) is 8.63. The third kappa shape index (κ3) is 3.74. The quantitative estimate of drug-likeness (QED) is 0.443. The van der Waals surface area contributed by atoms with Crippen molar-refractivity contribution in [1.29, 1.82) is 0 Å². The zero-order valence-electron chi connectivity index (χ0n) is 16.2. The molecule has 0 N–H and O–H groups in total. The summed E-state index contributed by atoms with van der Waals surface area (Å²) < 4.78 is 16.6. The largest absolute Gasteiger partial charge is 0.493 e. The number of aliphatic imine (C=N–C) groups is 1. The van der Waals surface area contributed by atoms with Gasteiger partial charge in [-0.1, -0.05) is 28.8 Å². The van der Waals surface area contributed by atoms with E-state index in [2.05, 4.69) is 9.59 Å². The molecule has 0 aliphatic rings. The normalized spacial score (nSPS) is 11.1. The van der Waals surface area contributed by atoms with Crippen LogP contribution >= 0.6 is 11.5 Å². The second-order valence-corrected chi connectivity index (χ2v) is 7.00. The number of hydrogen-bond acceptors (Lipinski definition) is 7. The molecule has 0 amide bonds. The third-order valence-corrected chi connectivity index (χ3v) is 5.00. The summed E-state index contributed by atoms with van der Waals surface area (Å²) in [7, 11) is 3.24. The van der Waals surface area contributed by atoms with Gasteiger partial charge in [-0.05, 0) is 48.3 Å². The molecule has 0 spiro atoms. The SMILES string of the molecule is COc1ccc(-c2c(C)nn(-c3ccccc3)c2/N=C/c2cnns2)cc1OC. The molecule has 7 nitrogen and oxygen atoms in total. The molecule has 2 aromatic carbocycles. The lowest BCUT2D eigenvalue weighted by Crippen LogP contribution is -1.96. The van der Waals surface area contributed by atoms with Crippen LogP contribution in [0.4, 0.5) is 5.82 Å². The minimum atomic E-state index is 0.651. The summed E-state index contributed by atoms with van der Waals surface area (Å²) in [6, 6.07) is 15.7. The van der Waals surface area contributed by atoms with E-state index in [4.69, 9.17) is 19.6 Å². The Morgan fingerprint density at radius 3 is 2.52 bits per heavy atom. The topological polar surface area (TPSA) is 74.4 Å². The van der Waals surface area contributed by atoms with Gasteiger partial charge in [0.1, 0.15) is 0 Å². The van der Waals surface area contributed by atoms with Gasteiger partial charge in [-0.25, -0.2) is 9.67 Å². The molecule has 8 heteroatoms. The molecule has 4 rings (SSSR count). The Labute approximate surface area is 172 Å². The fourth-order valence-corrected chi connectivity index (χ4v) is 3.45. The molecule has 4 aromatic rings. The summed E-state index contributed by atoms with van der Waals surface area (Å²) in [4.78, 5) is 5.62. The lowest BCUT2D eigenvalue weighted by atomic mass is 10.0. The predicted octanol–water partition coefficient (Wildman–Crippen LogP) is 4.47. The van der Waals surface area contributed by atoms with E-state index >= 15 is 0 Å². The van der Waals surface area contributed by atoms with Gasteiger partial charge in [0.25, 0.3) is 0 Å². The molecule has 29 heavy (non-hydrogen) atoms. The molecule has 0 fully saturated rings. The van der Waals surface area contributed by atoms with E-state index in [0.29, 0.717) is 17.3 Å². The summed E-state index contributed by atoms with van der Waals surface area (Å²) in [6.07, 6.45) is 3.44. The zero-order chi connectivity index (χ0) is 20.2. The van der Waals surface area contributed by atoms with Crippen molar-refractivity contribution in [2.24, 2.45) is 4.99 Å². The van der Waals surface area contributed by atoms with Gasteiger partial charge in [0, 0.05) is 11.8 Å². The maximum Gasteiger partial charge on any atom is 0.163 e. The fourth-order valence-electron chi connectivity index (χ4n) is 3.07. The van der Waals surface area contributed by atoms with Crippen molar-refractivity contribution in [3.63, 3.8) is 0 Å². The van der Waals surface area contributed by atoms with Gasteiger partial charge in [0.2, 0.25) is 0 Å². The Kier molecular flexibility index (Phi) is 5.35. The lowest BCUT2D eigenvalue weighted by molar-refractivity contribution is 0.355. The molecule has 2 aromatic heterocycles. The van der Waals surface area contributed by atoms with E-state index in [9.17, 15) is 0 Å². The van der Waals surface area contributed by atoms with Crippen LogP contribution in [0.5, 0.6) is 11.5 Å². The number of methoxy groups -OCH3 is 2. The first-order chi connectivity index (χ1) is 14.2.